The smallest absolute Gasteiger partial charge is 0.239 e. The Bertz CT molecular complexity index is 243. The van der Waals surface area contributed by atoms with E-state index < -0.39 is 0 Å². The molecule has 1 aliphatic rings. The third kappa shape index (κ3) is 3.87. The summed E-state index contributed by atoms with van der Waals surface area (Å²) in [6.07, 6.45) is 0.446. The van der Waals surface area contributed by atoms with Gasteiger partial charge in [0, 0.05) is 33.2 Å². The summed E-state index contributed by atoms with van der Waals surface area (Å²) < 4.78 is 4.96. The molecule has 0 aromatic rings. The number of methoxy groups -OCH3 is 1. The second-order valence-corrected chi connectivity index (χ2v) is 3.93. The van der Waals surface area contributed by atoms with Crippen LogP contribution in [0.5, 0.6) is 0 Å². The number of hydrogen-bond acceptors (Lipinski definition) is 3. The molecular formula is C10H18N2O3. The minimum absolute atomic E-state index is 0.0365. The van der Waals surface area contributed by atoms with Gasteiger partial charge in [0.2, 0.25) is 11.8 Å². The van der Waals surface area contributed by atoms with Crippen LogP contribution in [0.2, 0.25) is 0 Å². The average Bonchev–Trinajstić information content (AvgIpc) is 2.18. The largest absolute Gasteiger partial charge is 0.384 e. The fourth-order valence-electron chi connectivity index (χ4n) is 1.62. The van der Waals surface area contributed by atoms with Gasteiger partial charge in [0.15, 0.2) is 0 Å². The first-order valence-electron chi connectivity index (χ1n) is 5.17. The van der Waals surface area contributed by atoms with Gasteiger partial charge in [-0.15, -0.1) is 0 Å². The fourth-order valence-corrected chi connectivity index (χ4v) is 1.62. The molecule has 1 N–H and O–H groups in total. The molecule has 5 nitrogen and oxygen atoms in total. The Hall–Kier alpha value is -1.10. The van der Waals surface area contributed by atoms with Gasteiger partial charge in [-0.3, -0.25) is 9.59 Å². The van der Waals surface area contributed by atoms with Gasteiger partial charge in [-0.05, 0) is 5.92 Å². The minimum atomic E-state index is -0.0750. The van der Waals surface area contributed by atoms with E-state index in [0.29, 0.717) is 26.1 Å². The molecule has 0 aromatic heterocycles. The Labute approximate surface area is 89.8 Å². The van der Waals surface area contributed by atoms with E-state index in [-0.39, 0.29) is 24.3 Å². The molecule has 0 bridgehead atoms. The van der Waals surface area contributed by atoms with Crippen LogP contribution in [0.3, 0.4) is 0 Å². The number of nitrogens with one attached hydrogen (secondary N) is 1. The molecule has 15 heavy (non-hydrogen) atoms. The van der Waals surface area contributed by atoms with E-state index in [9.17, 15) is 9.59 Å². The van der Waals surface area contributed by atoms with E-state index >= 15 is 0 Å². The second-order valence-electron chi connectivity index (χ2n) is 3.93. The summed E-state index contributed by atoms with van der Waals surface area (Å²) >= 11 is 0. The Morgan fingerprint density at radius 3 is 3.00 bits per heavy atom. The highest BCUT2D eigenvalue weighted by Gasteiger charge is 2.22. The van der Waals surface area contributed by atoms with Crippen molar-refractivity contribution in [1.82, 2.24) is 10.2 Å². The van der Waals surface area contributed by atoms with Crippen LogP contribution in [0, 0.1) is 5.92 Å². The zero-order valence-corrected chi connectivity index (χ0v) is 9.28. The van der Waals surface area contributed by atoms with E-state index in [1.807, 2.05) is 6.92 Å². The van der Waals surface area contributed by atoms with Crippen LogP contribution in [-0.2, 0) is 14.3 Å². The number of carbonyl (C=O) groups is 2. The van der Waals surface area contributed by atoms with Crippen LogP contribution in [-0.4, -0.2) is 50.1 Å². The number of hydrogen-bond donors (Lipinski definition) is 1. The summed E-state index contributed by atoms with van der Waals surface area (Å²) in [5.41, 5.74) is 0. The third-order valence-corrected chi connectivity index (χ3v) is 2.37. The molecule has 1 atom stereocenters. The van der Waals surface area contributed by atoms with Crippen LogP contribution >= 0.6 is 0 Å². The van der Waals surface area contributed by atoms with Gasteiger partial charge in [0.25, 0.3) is 0 Å². The first-order chi connectivity index (χ1) is 7.13. The second kappa shape index (κ2) is 5.70. The lowest BCUT2D eigenvalue weighted by molar-refractivity contribution is -0.139. The van der Waals surface area contributed by atoms with Crippen molar-refractivity contribution < 1.29 is 14.3 Å². The summed E-state index contributed by atoms with van der Waals surface area (Å²) in [6, 6.07) is 0. The highest BCUT2D eigenvalue weighted by Crippen LogP contribution is 2.06. The maximum Gasteiger partial charge on any atom is 0.239 e. The van der Waals surface area contributed by atoms with Gasteiger partial charge >= 0.3 is 0 Å². The van der Waals surface area contributed by atoms with Gasteiger partial charge in [-0.25, -0.2) is 0 Å². The highest BCUT2D eigenvalue weighted by atomic mass is 16.5. The van der Waals surface area contributed by atoms with Crippen molar-refractivity contribution in [2.75, 3.05) is 33.4 Å². The van der Waals surface area contributed by atoms with Crippen LogP contribution in [0.15, 0.2) is 0 Å². The molecule has 1 heterocycles. The number of amides is 2. The van der Waals surface area contributed by atoms with Crippen molar-refractivity contribution in [3.8, 4) is 0 Å². The summed E-state index contributed by atoms with van der Waals surface area (Å²) in [5.74, 6) is 0.163. The molecule has 0 saturated carbocycles. The van der Waals surface area contributed by atoms with Crippen LogP contribution in [0.1, 0.15) is 13.3 Å². The molecule has 2 amide bonds. The lowest BCUT2D eigenvalue weighted by Crippen LogP contribution is -2.50. The molecule has 0 aromatic carbocycles. The SMILES string of the molecule is COCC(C)CC(=O)N1CCNC(=O)C1. The number of nitrogens with zero attached hydrogens (tertiary/aromatic N) is 1. The Kier molecular flexibility index (Phi) is 4.55. The Morgan fingerprint density at radius 1 is 1.67 bits per heavy atom. The summed E-state index contributed by atoms with van der Waals surface area (Å²) in [5, 5.41) is 2.69. The number of ether oxygens (including phenoxy) is 1. The van der Waals surface area contributed by atoms with Crippen molar-refractivity contribution in [3.63, 3.8) is 0 Å². The zero-order chi connectivity index (χ0) is 11.3. The molecule has 1 rings (SSSR count). The van der Waals surface area contributed by atoms with Gasteiger partial charge in [-0.1, -0.05) is 6.92 Å². The minimum Gasteiger partial charge on any atom is -0.384 e. The third-order valence-electron chi connectivity index (χ3n) is 2.37. The number of rotatable bonds is 4. The van der Waals surface area contributed by atoms with E-state index in [2.05, 4.69) is 5.32 Å². The molecule has 86 valence electrons. The summed E-state index contributed by atoms with van der Waals surface area (Å²) in [6.45, 7) is 3.91. The Morgan fingerprint density at radius 2 is 2.40 bits per heavy atom. The van der Waals surface area contributed by atoms with E-state index in [1.54, 1.807) is 12.0 Å². The summed E-state index contributed by atoms with van der Waals surface area (Å²) in [4.78, 5) is 24.4. The number of carbonyl (C=O) groups excluding carboxylic acids is 2. The molecule has 0 spiro atoms. The van der Waals surface area contributed by atoms with E-state index in [0.717, 1.165) is 0 Å². The van der Waals surface area contributed by atoms with E-state index in [1.165, 1.54) is 0 Å². The molecule has 1 fully saturated rings. The first kappa shape index (κ1) is 12.0. The van der Waals surface area contributed by atoms with Gasteiger partial charge in [-0.2, -0.15) is 0 Å². The molecule has 0 radical (unpaired) electrons. The maximum atomic E-state index is 11.7. The van der Waals surface area contributed by atoms with Gasteiger partial charge in [0.05, 0.1) is 6.54 Å². The lowest BCUT2D eigenvalue weighted by atomic mass is 10.1. The molecule has 5 heteroatoms. The predicted molar refractivity (Wildman–Crippen MR) is 55.2 cm³/mol. The molecule has 0 aliphatic carbocycles. The monoisotopic (exact) mass is 214 g/mol. The molecule has 1 aliphatic heterocycles. The van der Waals surface area contributed by atoms with E-state index in [4.69, 9.17) is 4.74 Å². The van der Waals surface area contributed by atoms with Gasteiger partial charge in [0.1, 0.15) is 0 Å². The van der Waals surface area contributed by atoms with Crippen molar-refractivity contribution in [2.24, 2.45) is 5.92 Å². The first-order valence-corrected chi connectivity index (χ1v) is 5.17. The van der Waals surface area contributed by atoms with Crippen molar-refractivity contribution in [1.29, 1.82) is 0 Å². The maximum absolute atomic E-state index is 11.7. The van der Waals surface area contributed by atoms with Crippen LogP contribution < -0.4 is 5.32 Å². The lowest BCUT2D eigenvalue weighted by Gasteiger charge is -2.27. The number of piperazine rings is 1. The molecule has 1 saturated heterocycles. The predicted octanol–water partition coefficient (Wildman–Crippen LogP) is -0.383. The topological polar surface area (TPSA) is 58.6 Å². The normalized spacial score (nSPS) is 18.5. The van der Waals surface area contributed by atoms with Crippen molar-refractivity contribution in [2.45, 2.75) is 13.3 Å². The Balaban J connectivity index is 2.35. The van der Waals surface area contributed by atoms with Crippen LogP contribution in [0.25, 0.3) is 0 Å². The quantitative estimate of drug-likeness (QED) is 0.694. The van der Waals surface area contributed by atoms with Crippen molar-refractivity contribution >= 4 is 11.8 Å². The zero-order valence-electron chi connectivity index (χ0n) is 9.28. The summed E-state index contributed by atoms with van der Waals surface area (Å²) in [7, 11) is 1.62. The standard InChI is InChI=1S/C10H18N2O3/c1-8(7-15-2)5-10(14)12-4-3-11-9(13)6-12/h8H,3-7H2,1-2H3,(H,11,13). The molecule has 1 unspecified atom stereocenters. The molecular weight excluding hydrogens is 196 g/mol. The highest BCUT2D eigenvalue weighted by molar-refractivity contribution is 5.85. The van der Waals surface area contributed by atoms with Crippen LogP contribution in [0.4, 0.5) is 0 Å². The fraction of sp³-hybridized carbons (Fsp3) is 0.800. The average molecular weight is 214 g/mol. The van der Waals surface area contributed by atoms with Crippen molar-refractivity contribution in [3.05, 3.63) is 0 Å². The van der Waals surface area contributed by atoms with Gasteiger partial charge < -0.3 is 15.0 Å².